The van der Waals surface area contributed by atoms with Crippen LogP contribution in [0.1, 0.15) is 38.3 Å². The number of rotatable bonds is 3. The van der Waals surface area contributed by atoms with E-state index >= 15 is 0 Å². The lowest BCUT2D eigenvalue weighted by atomic mass is 9.90. The molecular weight excluding hydrogens is 256 g/mol. The van der Waals surface area contributed by atoms with Crippen molar-refractivity contribution in [2.75, 3.05) is 13.1 Å². The first-order valence-electron chi connectivity index (χ1n) is 8.14. The Bertz CT molecular complexity index is 602. The Morgan fingerprint density at radius 1 is 1.10 bits per heavy atom. The van der Waals surface area contributed by atoms with Crippen molar-refractivity contribution in [3.05, 3.63) is 48.0 Å². The van der Waals surface area contributed by atoms with Crippen LogP contribution in [0.15, 0.2) is 42.5 Å². The summed E-state index contributed by atoms with van der Waals surface area (Å²) in [4.78, 5) is 2.62. The van der Waals surface area contributed by atoms with E-state index in [1.54, 1.807) is 0 Å². The predicted molar refractivity (Wildman–Crippen MR) is 90.3 cm³/mol. The van der Waals surface area contributed by atoms with Crippen LogP contribution < -0.4 is 5.73 Å². The van der Waals surface area contributed by atoms with Crippen molar-refractivity contribution in [2.24, 2.45) is 11.7 Å². The molecule has 0 radical (unpaired) electrons. The third-order valence-corrected chi connectivity index (χ3v) is 4.97. The van der Waals surface area contributed by atoms with Crippen LogP contribution in [0, 0.1) is 5.92 Å². The molecule has 1 aliphatic rings. The first-order valence-corrected chi connectivity index (χ1v) is 8.14. The van der Waals surface area contributed by atoms with Crippen LogP contribution in [0.25, 0.3) is 10.8 Å². The minimum atomic E-state index is 0.328. The van der Waals surface area contributed by atoms with Gasteiger partial charge in [-0.3, -0.25) is 4.90 Å². The zero-order valence-electron chi connectivity index (χ0n) is 13.1. The minimum Gasteiger partial charge on any atom is -0.329 e. The Balaban J connectivity index is 2.01. The van der Waals surface area contributed by atoms with E-state index in [1.165, 1.54) is 29.2 Å². The van der Waals surface area contributed by atoms with Crippen molar-refractivity contribution < 1.29 is 0 Å². The largest absolute Gasteiger partial charge is 0.329 e. The van der Waals surface area contributed by atoms with Gasteiger partial charge < -0.3 is 5.73 Å². The molecule has 1 saturated heterocycles. The molecular formula is C19H26N2. The zero-order valence-corrected chi connectivity index (χ0v) is 13.1. The lowest BCUT2D eigenvalue weighted by Gasteiger charge is -2.42. The van der Waals surface area contributed by atoms with Gasteiger partial charge >= 0.3 is 0 Å². The molecule has 112 valence electrons. The van der Waals surface area contributed by atoms with Crippen LogP contribution in [0.2, 0.25) is 0 Å². The highest BCUT2D eigenvalue weighted by atomic mass is 15.2. The van der Waals surface area contributed by atoms with Gasteiger partial charge in [0.1, 0.15) is 0 Å². The van der Waals surface area contributed by atoms with Gasteiger partial charge in [-0.1, -0.05) is 49.4 Å². The standard InChI is InChI=1S/C19H26N2/c1-14-10-11-15(2)21(13-14)19(12-20)18-9-5-7-16-6-3-4-8-17(16)18/h3-9,14-15,19H,10-13,20H2,1-2H3. The summed E-state index contributed by atoms with van der Waals surface area (Å²) in [6.45, 7) is 6.55. The molecule has 0 amide bonds. The fourth-order valence-electron chi connectivity index (χ4n) is 3.74. The first-order chi connectivity index (χ1) is 10.2. The van der Waals surface area contributed by atoms with Crippen molar-refractivity contribution >= 4 is 10.8 Å². The van der Waals surface area contributed by atoms with Crippen LogP contribution in [0.3, 0.4) is 0 Å². The fraction of sp³-hybridized carbons (Fsp3) is 0.474. The molecule has 3 unspecified atom stereocenters. The number of nitrogens with two attached hydrogens (primary N) is 1. The molecule has 0 spiro atoms. The average Bonchev–Trinajstić information content (AvgIpc) is 2.51. The number of hydrogen-bond acceptors (Lipinski definition) is 2. The van der Waals surface area contributed by atoms with Crippen molar-refractivity contribution in [2.45, 2.75) is 38.8 Å². The number of nitrogens with zero attached hydrogens (tertiary/aromatic N) is 1. The lowest BCUT2D eigenvalue weighted by molar-refractivity contribution is 0.0804. The molecule has 2 aromatic carbocycles. The number of likely N-dealkylation sites (tertiary alicyclic amines) is 1. The SMILES string of the molecule is CC1CCC(C)N(C(CN)c2cccc3ccccc23)C1. The summed E-state index contributed by atoms with van der Waals surface area (Å²) in [5, 5.41) is 2.66. The smallest absolute Gasteiger partial charge is 0.0479 e. The second kappa shape index (κ2) is 6.17. The van der Waals surface area contributed by atoms with Crippen molar-refractivity contribution in [1.29, 1.82) is 0 Å². The van der Waals surface area contributed by atoms with E-state index in [9.17, 15) is 0 Å². The topological polar surface area (TPSA) is 29.3 Å². The van der Waals surface area contributed by atoms with E-state index in [1.807, 2.05) is 0 Å². The molecule has 2 heteroatoms. The first kappa shape index (κ1) is 14.6. The minimum absolute atomic E-state index is 0.328. The quantitative estimate of drug-likeness (QED) is 0.923. The van der Waals surface area contributed by atoms with E-state index in [2.05, 4.69) is 61.2 Å². The second-order valence-electron chi connectivity index (χ2n) is 6.55. The second-order valence-corrected chi connectivity index (χ2v) is 6.55. The third kappa shape index (κ3) is 2.83. The zero-order chi connectivity index (χ0) is 14.8. The third-order valence-electron chi connectivity index (χ3n) is 4.97. The number of piperidine rings is 1. The summed E-state index contributed by atoms with van der Waals surface area (Å²) < 4.78 is 0. The van der Waals surface area contributed by atoms with Gasteiger partial charge in [0.05, 0.1) is 0 Å². The van der Waals surface area contributed by atoms with E-state index < -0.39 is 0 Å². The van der Waals surface area contributed by atoms with Crippen LogP contribution in [-0.4, -0.2) is 24.0 Å². The molecule has 3 rings (SSSR count). The summed E-state index contributed by atoms with van der Waals surface area (Å²) in [5.41, 5.74) is 7.58. The summed E-state index contributed by atoms with van der Waals surface area (Å²) in [6, 6.07) is 16.2. The Hall–Kier alpha value is -1.38. The normalized spacial score (nSPS) is 25.1. The summed E-state index contributed by atoms with van der Waals surface area (Å²) >= 11 is 0. The monoisotopic (exact) mass is 282 g/mol. The highest BCUT2D eigenvalue weighted by Crippen LogP contribution is 2.33. The lowest BCUT2D eigenvalue weighted by Crippen LogP contribution is -2.45. The highest BCUT2D eigenvalue weighted by Gasteiger charge is 2.29. The Morgan fingerprint density at radius 2 is 1.86 bits per heavy atom. The van der Waals surface area contributed by atoms with Gasteiger partial charge in [0.15, 0.2) is 0 Å². The molecule has 0 bridgehead atoms. The molecule has 2 aromatic rings. The van der Waals surface area contributed by atoms with E-state index in [4.69, 9.17) is 5.73 Å². The van der Waals surface area contributed by atoms with Gasteiger partial charge in [0, 0.05) is 25.2 Å². The van der Waals surface area contributed by atoms with Gasteiger partial charge in [0.25, 0.3) is 0 Å². The molecule has 2 nitrogen and oxygen atoms in total. The van der Waals surface area contributed by atoms with Crippen LogP contribution in [-0.2, 0) is 0 Å². The number of fused-ring (bicyclic) bond motifs is 1. The predicted octanol–water partition coefficient (Wildman–Crippen LogP) is 3.96. The average molecular weight is 282 g/mol. The van der Waals surface area contributed by atoms with Crippen LogP contribution >= 0.6 is 0 Å². The number of benzene rings is 2. The maximum atomic E-state index is 6.19. The fourth-order valence-corrected chi connectivity index (χ4v) is 3.74. The Kier molecular flexibility index (Phi) is 4.27. The van der Waals surface area contributed by atoms with Gasteiger partial charge in [-0.15, -0.1) is 0 Å². The maximum absolute atomic E-state index is 6.19. The molecule has 1 heterocycles. The summed E-state index contributed by atoms with van der Waals surface area (Å²) in [7, 11) is 0. The molecule has 3 atom stereocenters. The molecule has 2 N–H and O–H groups in total. The van der Waals surface area contributed by atoms with Gasteiger partial charge in [-0.25, -0.2) is 0 Å². The Labute approximate surface area is 127 Å². The van der Waals surface area contributed by atoms with Crippen molar-refractivity contribution in [3.8, 4) is 0 Å². The van der Waals surface area contributed by atoms with Gasteiger partial charge in [-0.05, 0) is 42.0 Å². The van der Waals surface area contributed by atoms with Crippen LogP contribution in [0.4, 0.5) is 0 Å². The number of hydrogen-bond donors (Lipinski definition) is 1. The maximum Gasteiger partial charge on any atom is 0.0479 e. The van der Waals surface area contributed by atoms with Crippen LogP contribution in [0.5, 0.6) is 0 Å². The van der Waals surface area contributed by atoms with Crippen molar-refractivity contribution in [3.63, 3.8) is 0 Å². The molecule has 1 aliphatic heterocycles. The summed E-state index contributed by atoms with van der Waals surface area (Å²) in [6.07, 6.45) is 2.62. The molecule has 0 aromatic heterocycles. The van der Waals surface area contributed by atoms with Gasteiger partial charge in [-0.2, -0.15) is 0 Å². The van der Waals surface area contributed by atoms with E-state index in [-0.39, 0.29) is 0 Å². The molecule has 1 fully saturated rings. The van der Waals surface area contributed by atoms with Crippen molar-refractivity contribution in [1.82, 2.24) is 4.90 Å². The summed E-state index contributed by atoms with van der Waals surface area (Å²) in [5.74, 6) is 0.769. The molecule has 21 heavy (non-hydrogen) atoms. The van der Waals surface area contributed by atoms with E-state index in [0.29, 0.717) is 18.6 Å². The molecule has 0 aliphatic carbocycles. The highest BCUT2D eigenvalue weighted by molar-refractivity contribution is 5.86. The Morgan fingerprint density at radius 3 is 2.67 bits per heavy atom. The molecule has 0 saturated carbocycles. The van der Waals surface area contributed by atoms with E-state index in [0.717, 1.165) is 12.5 Å². The van der Waals surface area contributed by atoms with Gasteiger partial charge in [0.2, 0.25) is 0 Å².